The molecule has 0 aliphatic carbocycles. The molecule has 1 aliphatic rings. The summed E-state index contributed by atoms with van der Waals surface area (Å²) in [5.41, 5.74) is 1.57. The highest BCUT2D eigenvalue weighted by atomic mass is 19.4. The average molecular weight is 410 g/mol. The van der Waals surface area contributed by atoms with E-state index in [4.69, 9.17) is 4.74 Å². The first-order valence-electron chi connectivity index (χ1n) is 9.40. The number of anilines is 1. The standard InChI is InChI=1S/C21H25F3N2O3/c1-26(17-12-16(29-21(22,23)24)8-9-18(17)28-2)20-15(10-11-27)13-25-19(20)14-6-4-3-5-7-14/h3-9,12,15,19-20,25,27H,10-11,13H2,1-2H3. The van der Waals surface area contributed by atoms with Gasteiger partial charge >= 0.3 is 6.36 Å². The van der Waals surface area contributed by atoms with E-state index in [0.29, 0.717) is 24.4 Å². The van der Waals surface area contributed by atoms with E-state index in [-0.39, 0.29) is 30.4 Å². The fraction of sp³-hybridized carbons (Fsp3) is 0.429. The van der Waals surface area contributed by atoms with Crippen LogP contribution < -0.4 is 19.7 Å². The van der Waals surface area contributed by atoms with E-state index < -0.39 is 6.36 Å². The molecule has 0 saturated carbocycles. The van der Waals surface area contributed by atoms with Gasteiger partial charge in [0.15, 0.2) is 0 Å². The molecule has 2 N–H and O–H groups in total. The highest BCUT2D eigenvalue weighted by Gasteiger charge is 2.40. The molecule has 1 aliphatic heterocycles. The summed E-state index contributed by atoms with van der Waals surface area (Å²) in [6.07, 6.45) is -4.20. The first-order valence-corrected chi connectivity index (χ1v) is 9.40. The number of alkyl halides is 3. The Morgan fingerprint density at radius 1 is 1.17 bits per heavy atom. The number of nitrogens with zero attached hydrogens (tertiary/aromatic N) is 1. The van der Waals surface area contributed by atoms with Gasteiger partial charge in [-0.2, -0.15) is 0 Å². The number of ether oxygens (including phenoxy) is 2. The summed E-state index contributed by atoms with van der Waals surface area (Å²) in [5.74, 6) is 0.247. The molecule has 2 aromatic carbocycles. The Morgan fingerprint density at radius 3 is 2.52 bits per heavy atom. The third-order valence-corrected chi connectivity index (χ3v) is 5.29. The largest absolute Gasteiger partial charge is 0.573 e. The number of aliphatic hydroxyl groups excluding tert-OH is 1. The van der Waals surface area contributed by atoms with Gasteiger partial charge in [-0.3, -0.25) is 0 Å². The van der Waals surface area contributed by atoms with Gasteiger partial charge in [-0.05, 0) is 30.0 Å². The zero-order chi connectivity index (χ0) is 21.0. The number of methoxy groups -OCH3 is 1. The summed E-state index contributed by atoms with van der Waals surface area (Å²) in [6, 6.07) is 13.8. The highest BCUT2D eigenvalue weighted by molar-refractivity contribution is 5.62. The Hall–Kier alpha value is -2.45. The second-order valence-electron chi connectivity index (χ2n) is 7.05. The smallest absolute Gasteiger partial charge is 0.495 e. The lowest BCUT2D eigenvalue weighted by Crippen LogP contribution is -2.40. The average Bonchev–Trinajstić information content (AvgIpc) is 3.11. The van der Waals surface area contributed by atoms with Crippen molar-refractivity contribution in [3.63, 3.8) is 0 Å². The first-order chi connectivity index (χ1) is 13.8. The number of hydrogen-bond donors (Lipinski definition) is 2. The predicted octanol–water partition coefficient (Wildman–Crippen LogP) is 3.74. The van der Waals surface area contributed by atoms with Crippen molar-refractivity contribution in [2.24, 2.45) is 5.92 Å². The SMILES string of the molecule is COc1ccc(OC(F)(F)F)cc1N(C)C1C(CCO)CNC1c1ccccc1. The van der Waals surface area contributed by atoms with E-state index in [0.717, 1.165) is 5.56 Å². The van der Waals surface area contributed by atoms with Crippen LogP contribution in [-0.4, -0.2) is 44.8 Å². The maximum atomic E-state index is 12.7. The molecule has 3 atom stereocenters. The van der Waals surface area contributed by atoms with Crippen molar-refractivity contribution in [3.05, 3.63) is 54.1 Å². The number of halogens is 3. The van der Waals surface area contributed by atoms with Crippen LogP contribution in [0.5, 0.6) is 11.5 Å². The van der Waals surface area contributed by atoms with Gasteiger partial charge in [0.2, 0.25) is 0 Å². The van der Waals surface area contributed by atoms with Crippen LogP contribution in [0.4, 0.5) is 18.9 Å². The van der Waals surface area contributed by atoms with Gasteiger partial charge in [0.05, 0.1) is 24.9 Å². The number of hydrogen-bond acceptors (Lipinski definition) is 5. The van der Waals surface area contributed by atoms with Gasteiger partial charge in [0, 0.05) is 26.3 Å². The van der Waals surface area contributed by atoms with Crippen LogP contribution in [0.3, 0.4) is 0 Å². The monoisotopic (exact) mass is 410 g/mol. The van der Waals surface area contributed by atoms with E-state index in [1.807, 2.05) is 42.3 Å². The Morgan fingerprint density at radius 2 is 1.90 bits per heavy atom. The highest BCUT2D eigenvalue weighted by Crippen LogP contribution is 2.40. The number of rotatable bonds is 7. The minimum atomic E-state index is -4.77. The normalized spacial score (nSPS) is 21.8. The molecule has 2 aromatic rings. The maximum Gasteiger partial charge on any atom is 0.573 e. The van der Waals surface area contributed by atoms with Crippen LogP contribution in [-0.2, 0) is 0 Å². The minimum Gasteiger partial charge on any atom is -0.495 e. The van der Waals surface area contributed by atoms with Gasteiger partial charge in [-0.1, -0.05) is 30.3 Å². The molecule has 1 saturated heterocycles. The lowest BCUT2D eigenvalue weighted by molar-refractivity contribution is -0.274. The molecule has 0 radical (unpaired) electrons. The predicted molar refractivity (Wildman–Crippen MR) is 104 cm³/mol. The maximum absolute atomic E-state index is 12.7. The summed E-state index contributed by atoms with van der Waals surface area (Å²) < 4.78 is 47.6. The van der Waals surface area contributed by atoms with Gasteiger partial charge in [-0.25, -0.2) is 0 Å². The molecule has 5 nitrogen and oxygen atoms in total. The second kappa shape index (κ2) is 8.92. The van der Waals surface area contributed by atoms with Gasteiger partial charge in [0.1, 0.15) is 11.5 Å². The molecule has 0 bridgehead atoms. The second-order valence-corrected chi connectivity index (χ2v) is 7.05. The van der Waals surface area contributed by atoms with Crippen LogP contribution in [0, 0.1) is 5.92 Å². The van der Waals surface area contributed by atoms with Crippen molar-refractivity contribution in [3.8, 4) is 11.5 Å². The molecular formula is C21H25F3N2O3. The first kappa shape index (κ1) is 21.3. The third-order valence-electron chi connectivity index (χ3n) is 5.29. The molecule has 0 amide bonds. The molecular weight excluding hydrogens is 385 g/mol. The van der Waals surface area contributed by atoms with Crippen LogP contribution in [0.25, 0.3) is 0 Å². The summed E-state index contributed by atoms with van der Waals surface area (Å²) in [7, 11) is 3.30. The van der Waals surface area contributed by atoms with Gasteiger partial charge in [0.25, 0.3) is 0 Å². The minimum absolute atomic E-state index is 0.0343. The molecule has 0 aromatic heterocycles. The van der Waals surface area contributed by atoms with E-state index in [1.54, 1.807) is 0 Å². The van der Waals surface area contributed by atoms with E-state index in [1.165, 1.54) is 25.3 Å². The fourth-order valence-electron chi connectivity index (χ4n) is 4.05. The summed E-state index contributed by atoms with van der Waals surface area (Å²) in [4.78, 5) is 1.92. The van der Waals surface area contributed by atoms with Crippen molar-refractivity contribution < 1.29 is 27.8 Å². The topological polar surface area (TPSA) is 54.0 Å². The Bertz CT molecular complexity index is 802. The molecule has 3 rings (SSSR count). The zero-order valence-corrected chi connectivity index (χ0v) is 16.3. The van der Waals surface area contributed by atoms with Crippen LogP contribution in [0.1, 0.15) is 18.0 Å². The molecule has 1 heterocycles. The molecule has 1 fully saturated rings. The Kier molecular flexibility index (Phi) is 6.54. The number of likely N-dealkylation sites (N-methyl/N-ethyl adjacent to an activating group) is 1. The van der Waals surface area contributed by atoms with E-state index >= 15 is 0 Å². The van der Waals surface area contributed by atoms with Crippen LogP contribution in [0.15, 0.2) is 48.5 Å². The van der Waals surface area contributed by atoms with Crippen molar-refractivity contribution >= 4 is 5.69 Å². The molecule has 158 valence electrons. The third kappa shape index (κ3) is 4.94. The molecule has 3 unspecified atom stereocenters. The van der Waals surface area contributed by atoms with Crippen molar-refractivity contribution in [1.29, 1.82) is 0 Å². The Balaban J connectivity index is 1.98. The van der Waals surface area contributed by atoms with Crippen molar-refractivity contribution in [1.82, 2.24) is 5.32 Å². The van der Waals surface area contributed by atoms with Crippen LogP contribution in [0.2, 0.25) is 0 Å². The van der Waals surface area contributed by atoms with Crippen molar-refractivity contribution in [2.75, 3.05) is 32.2 Å². The number of aliphatic hydroxyl groups is 1. The summed E-state index contributed by atoms with van der Waals surface area (Å²) in [6.45, 7) is 0.725. The molecule has 8 heteroatoms. The molecule has 0 spiro atoms. The lowest BCUT2D eigenvalue weighted by atomic mass is 9.90. The zero-order valence-electron chi connectivity index (χ0n) is 16.3. The van der Waals surface area contributed by atoms with Gasteiger partial charge in [-0.15, -0.1) is 13.2 Å². The fourth-order valence-corrected chi connectivity index (χ4v) is 4.05. The van der Waals surface area contributed by atoms with Gasteiger partial charge < -0.3 is 24.8 Å². The quantitative estimate of drug-likeness (QED) is 0.728. The Labute approximate surface area is 168 Å². The molecule has 29 heavy (non-hydrogen) atoms. The lowest BCUT2D eigenvalue weighted by Gasteiger charge is -2.36. The number of benzene rings is 2. The summed E-state index contributed by atoms with van der Waals surface area (Å²) >= 11 is 0. The number of nitrogens with one attached hydrogen (secondary N) is 1. The summed E-state index contributed by atoms with van der Waals surface area (Å²) in [5, 5.41) is 13.0. The van der Waals surface area contributed by atoms with E-state index in [2.05, 4.69) is 10.1 Å². The van der Waals surface area contributed by atoms with Crippen molar-refractivity contribution in [2.45, 2.75) is 24.9 Å². The van der Waals surface area contributed by atoms with Crippen LogP contribution >= 0.6 is 0 Å². The van der Waals surface area contributed by atoms with E-state index in [9.17, 15) is 18.3 Å².